The normalized spacial score (nSPS) is 16.9. The molecule has 104 valence electrons. The molecule has 0 radical (unpaired) electrons. The predicted molar refractivity (Wildman–Crippen MR) is 74.9 cm³/mol. The van der Waals surface area contributed by atoms with Crippen molar-refractivity contribution in [2.45, 2.75) is 26.8 Å². The highest BCUT2D eigenvalue weighted by atomic mass is 16.4. The number of nitrogens with zero attached hydrogens (tertiary/aromatic N) is 3. The number of piperazine rings is 1. The Morgan fingerprint density at radius 3 is 2.47 bits per heavy atom. The van der Waals surface area contributed by atoms with E-state index in [1.54, 1.807) is 12.3 Å². The van der Waals surface area contributed by atoms with Gasteiger partial charge in [0.15, 0.2) is 0 Å². The van der Waals surface area contributed by atoms with Gasteiger partial charge in [-0.3, -0.25) is 4.90 Å². The summed E-state index contributed by atoms with van der Waals surface area (Å²) in [6, 6.07) is 2.28. The van der Waals surface area contributed by atoms with Gasteiger partial charge >= 0.3 is 5.97 Å². The molecule has 0 atom stereocenters. The maximum atomic E-state index is 11.4. The molecule has 2 heterocycles. The Labute approximate surface area is 113 Å². The van der Waals surface area contributed by atoms with Crippen LogP contribution in [0.15, 0.2) is 12.3 Å². The van der Waals surface area contributed by atoms with Crippen molar-refractivity contribution in [1.82, 2.24) is 9.88 Å². The number of rotatable bonds is 3. The summed E-state index contributed by atoms with van der Waals surface area (Å²) in [5.74, 6) is -0.289. The maximum absolute atomic E-state index is 11.4. The minimum Gasteiger partial charge on any atom is -0.478 e. The highest BCUT2D eigenvalue weighted by molar-refractivity contribution is 5.95. The summed E-state index contributed by atoms with van der Waals surface area (Å²) in [5, 5.41) is 9.34. The van der Waals surface area contributed by atoms with Crippen LogP contribution in [0.3, 0.4) is 0 Å². The number of aryl methyl sites for hydroxylation is 1. The van der Waals surface area contributed by atoms with Crippen molar-refractivity contribution >= 4 is 11.8 Å². The van der Waals surface area contributed by atoms with Crippen molar-refractivity contribution in [3.63, 3.8) is 0 Å². The molecule has 0 aromatic carbocycles. The van der Waals surface area contributed by atoms with Gasteiger partial charge in [0.1, 0.15) is 11.4 Å². The minimum atomic E-state index is -0.896. The fraction of sp³-hybridized carbons (Fsp3) is 0.571. The van der Waals surface area contributed by atoms with Crippen molar-refractivity contribution in [3.8, 4) is 0 Å². The molecular weight excluding hydrogens is 242 g/mol. The lowest BCUT2D eigenvalue weighted by Crippen LogP contribution is -2.49. The minimum absolute atomic E-state index is 0.334. The van der Waals surface area contributed by atoms with Gasteiger partial charge in [-0.2, -0.15) is 0 Å². The molecule has 1 N–H and O–H groups in total. The summed E-state index contributed by atoms with van der Waals surface area (Å²) in [4.78, 5) is 20.1. The van der Waals surface area contributed by atoms with E-state index in [1.807, 2.05) is 6.92 Å². The first-order valence-corrected chi connectivity index (χ1v) is 6.68. The number of carbonyl (C=O) groups is 1. The molecule has 0 spiro atoms. The van der Waals surface area contributed by atoms with Crippen LogP contribution in [-0.2, 0) is 0 Å². The molecule has 19 heavy (non-hydrogen) atoms. The smallest absolute Gasteiger partial charge is 0.339 e. The summed E-state index contributed by atoms with van der Waals surface area (Å²) in [7, 11) is 0. The fourth-order valence-electron chi connectivity index (χ4n) is 2.50. The molecule has 1 aromatic rings. The van der Waals surface area contributed by atoms with E-state index in [4.69, 9.17) is 0 Å². The van der Waals surface area contributed by atoms with Crippen molar-refractivity contribution in [2.24, 2.45) is 0 Å². The summed E-state index contributed by atoms with van der Waals surface area (Å²) in [6.07, 6.45) is 1.69. The Kier molecular flexibility index (Phi) is 4.04. The molecule has 1 fully saturated rings. The lowest BCUT2D eigenvalue weighted by Gasteiger charge is -2.38. The number of carboxylic acid groups (broad SMARTS) is 1. The molecule has 2 rings (SSSR count). The SMILES string of the molecule is Cc1ccnc(N2CCN(C(C)C)CC2)c1C(=O)O. The Morgan fingerprint density at radius 2 is 1.95 bits per heavy atom. The van der Waals surface area contributed by atoms with Crippen molar-refractivity contribution in [2.75, 3.05) is 31.1 Å². The van der Waals surface area contributed by atoms with E-state index < -0.39 is 5.97 Å². The number of carboxylic acids is 1. The average molecular weight is 263 g/mol. The number of aromatic nitrogens is 1. The van der Waals surface area contributed by atoms with Crippen molar-refractivity contribution in [3.05, 3.63) is 23.4 Å². The van der Waals surface area contributed by atoms with Crippen LogP contribution >= 0.6 is 0 Å². The monoisotopic (exact) mass is 263 g/mol. The van der Waals surface area contributed by atoms with Crippen LogP contribution in [0.25, 0.3) is 0 Å². The highest BCUT2D eigenvalue weighted by Crippen LogP contribution is 2.22. The van der Waals surface area contributed by atoms with Gasteiger partial charge in [0.25, 0.3) is 0 Å². The van der Waals surface area contributed by atoms with Gasteiger partial charge in [-0.15, -0.1) is 0 Å². The van der Waals surface area contributed by atoms with Crippen LogP contribution in [0.5, 0.6) is 0 Å². The average Bonchev–Trinajstić information content (AvgIpc) is 2.38. The van der Waals surface area contributed by atoms with Gasteiger partial charge in [0.05, 0.1) is 0 Å². The second kappa shape index (κ2) is 5.57. The maximum Gasteiger partial charge on any atom is 0.339 e. The first kappa shape index (κ1) is 13.8. The molecule has 5 nitrogen and oxygen atoms in total. The van der Waals surface area contributed by atoms with Crippen LogP contribution in [0, 0.1) is 6.92 Å². The van der Waals surface area contributed by atoms with Gasteiger partial charge in [-0.1, -0.05) is 0 Å². The Morgan fingerprint density at radius 1 is 1.32 bits per heavy atom. The molecule has 0 unspecified atom stereocenters. The van der Waals surface area contributed by atoms with Crippen LogP contribution in [0.2, 0.25) is 0 Å². The van der Waals surface area contributed by atoms with Crippen molar-refractivity contribution < 1.29 is 9.90 Å². The first-order chi connectivity index (χ1) is 9.00. The standard InChI is InChI=1S/C14H21N3O2/c1-10(2)16-6-8-17(9-7-16)13-12(14(18)19)11(3)4-5-15-13/h4-5,10H,6-9H2,1-3H3,(H,18,19). The van der Waals surface area contributed by atoms with E-state index in [1.165, 1.54) is 0 Å². The topological polar surface area (TPSA) is 56.7 Å². The van der Waals surface area contributed by atoms with Crippen LogP contribution < -0.4 is 4.90 Å². The fourth-order valence-corrected chi connectivity index (χ4v) is 2.50. The van der Waals surface area contributed by atoms with Crippen molar-refractivity contribution in [1.29, 1.82) is 0 Å². The zero-order valence-electron chi connectivity index (χ0n) is 11.8. The van der Waals surface area contributed by atoms with E-state index in [9.17, 15) is 9.90 Å². The molecule has 5 heteroatoms. The second-order valence-corrected chi connectivity index (χ2v) is 5.25. The zero-order valence-corrected chi connectivity index (χ0v) is 11.8. The second-order valence-electron chi connectivity index (χ2n) is 5.25. The summed E-state index contributed by atoms with van der Waals surface area (Å²) >= 11 is 0. The van der Waals surface area contributed by atoms with E-state index in [0.717, 1.165) is 31.7 Å². The molecule has 0 saturated carbocycles. The third-order valence-corrected chi connectivity index (χ3v) is 3.70. The third-order valence-electron chi connectivity index (χ3n) is 3.70. The molecule has 1 saturated heterocycles. The summed E-state index contributed by atoms with van der Waals surface area (Å²) < 4.78 is 0. The van der Waals surface area contributed by atoms with Gasteiger partial charge < -0.3 is 10.0 Å². The summed E-state index contributed by atoms with van der Waals surface area (Å²) in [5.41, 5.74) is 1.10. The highest BCUT2D eigenvalue weighted by Gasteiger charge is 2.24. The largest absolute Gasteiger partial charge is 0.478 e. The number of hydrogen-bond donors (Lipinski definition) is 1. The van der Waals surface area contributed by atoms with E-state index in [-0.39, 0.29) is 0 Å². The first-order valence-electron chi connectivity index (χ1n) is 6.68. The zero-order chi connectivity index (χ0) is 14.0. The van der Waals surface area contributed by atoms with Gasteiger partial charge in [-0.25, -0.2) is 9.78 Å². The molecular formula is C14H21N3O2. The number of anilines is 1. The Hall–Kier alpha value is -1.62. The van der Waals surface area contributed by atoms with Crippen LogP contribution in [0.4, 0.5) is 5.82 Å². The number of hydrogen-bond acceptors (Lipinski definition) is 4. The van der Waals surface area contributed by atoms with E-state index in [2.05, 4.69) is 28.6 Å². The molecule has 0 amide bonds. The lowest BCUT2D eigenvalue weighted by atomic mass is 10.1. The van der Waals surface area contributed by atoms with Gasteiger partial charge in [-0.05, 0) is 32.4 Å². The van der Waals surface area contributed by atoms with E-state index >= 15 is 0 Å². The van der Waals surface area contributed by atoms with E-state index in [0.29, 0.717) is 17.4 Å². The van der Waals surface area contributed by atoms with Gasteiger partial charge in [0, 0.05) is 38.4 Å². The Bertz CT molecular complexity index is 466. The molecule has 1 aromatic heterocycles. The molecule has 0 bridgehead atoms. The summed E-state index contributed by atoms with van der Waals surface area (Å²) in [6.45, 7) is 9.74. The number of pyridine rings is 1. The van der Waals surface area contributed by atoms with Crippen LogP contribution in [0.1, 0.15) is 29.8 Å². The van der Waals surface area contributed by atoms with Crippen LogP contribution in [-0.4, -0.2) is 53.2 Å². The third kappa shape index (κ3) is 2.87. The lowest BCUT2D eigenvalue weighted by molar-refractivity contribution is 0.0696. The van der Waals surface area contributed by atoms with Gasteiger partial charge in [0.2, 0.25) is 0 Å². The predicted octanol–water partition coefficient (Wildman–Crippen LogP) is 1.62. The molecule has 1 aliphatic heterocycles. The quantitative estimate of drug-likeness (QED) is 0.898. The molecule has 1 aliphatic rings. The molecule has 0 aliphatic carbocycles. The number of aromatic carboxylic acids is 1. The Balaban J connectivity index is 2.20.